The molecule has 0 saturated carbocycles. The Labute approximate surface area is 185 Å². The van der Waals surface area contributed by atoms with E-state index in [-0.39, 0.29) is 17.9 Å². The van der Waals surface area contributed by atoms with Crippen molar-refractivity contribution in [3.8, 4) is 11.5 Å². The van der Waals surface area contributed by atoms with Crippen LogP contribution >= 0.6 is 0 Å². The molecule has 4 rings (SSSR count). The predicted octanol–water partition coefficient (Wildman–Crippen LogP) is 3.96. The molecule has 1 fully saturated rings. The number of aliphatic hydroxyl groups is 1. The van der Waals surface area contributed by atoms with Crippen molar-refractivity contribution in [1.82, 2.24) is 4.90 Å². The molecule has 5 nitrogen and oxygen atoms in total. The molecule has 166 valence electrons. The summed E-state index contributed by atoms with van der Waals surface area (Å²) < 4.78 is 12.0. The number of carbonyl (C=O) groups is 1. The number of ether oxygens (including phenoxy) is 2. The highest BCUT2D eigenvalue weighted by Crippen LogP contribution is 2.47. The van der Waals surface area contributed by atoms with Crippen LogP contribution in [0.25, 0.3) is 0 Å². The first-order valence-corrected chi connectivity index (χ1v) is 11.2. The molecule has 0 aromatic heterocycles. The lowest BCUT2D eigenvalue weighted by molar-refractivity contribution is -0.130. The fourth-order valence-electron chi connectivity index (χ4n) is 5.12. The number of rotatable bonds is 6. The fraction of sp³-hybridized carbons (Fsp3) is 0.500. The summed E-state index contributed by atoms with van der Waals surface area (Å²) in [6.07, 6.45) is 1.78. The Morgan fingerprint density at radius 1 is 1.19 bits per heavy atom. The highest BCUT2D eigenvalue weighted by Gasteiger charge is 2.48. The van der Waals surface area contributed by atoms with E-state index in [0.717, 1.165) is 24.2 Å². The van der Waals surface area contributed by atoms with Crippen LogP contribution < -0.4 is 9.47 Å². The van der Waals surface area contributed by atoms with Gasteiger partial charge in [0.25, 0.3) is 0 Å². The van der Waals surface area contributed by atoms with Crippen LogP contribution in [0.4, 0.5) is 0 Å². The van der Waals surface area contributed by atoms with Gasteiger partial charge in [0.1, 0.15) is 6.10 Å². The van der Waals surface area contributed by atoms with Crippen LogP contribution in [0.5, 0.6) is 11.5 Å². The minimum atomic E-state index is -0.539. The van der Waals surface area contributed by atoms with Crippen molar-refractivity contribution in [2.24, 2.45) is 5.41 Å². The topological polar surface area (TPSA) is 59.0 Å². The number of methoxy groups -OCH3 is 1. The number of benzene rings is 2. The van der Waals surface area contributed by atoms with Crippen molar-refractivity contribution < 1.29 is 19.4 Å². The zero-order valence-electron chi connectivity index (χ0n) is 18.9. The van der Waals surface area contributed by atoms with E-state index in [1.165, 1.54) is 11.1 Å². The molecular formula is C26H33NO4. The van der Waals surface area contributed by atoms with E-state index in [2.05, 4.69) is 31.2 Å². The number of nitrogens with zero attached hydrogens (tertiary/aromatic N) is 1. The second-order valence-electron chi connectivity index (χ2n) is 9.19. The number of hydrogen-bond donors (Lipinski definition) is 1. The molecule has 3 unspecified atom stereocenters. The largest absolute Gasteiger partial charge is 0.493 e. The molecule has 5 heteroatoms. The standard InChI is InChI=1S/C26H33NO4/c1-5-25(29)27-15-22(26(3,16-27)17(2)28)20-10-11-23(30-4)24(14-20)31-21-12-18-8-6-7-9-19(18)13-21/h6-11,14,17,21-22,28H,5,12-13,15-16H2,1-4H3. The zero-order chi connectivity index (χ0) is 22.2. The number of hydrogen-bond acceptors (Lipinski definition) is 4. The molecule has 1 saturated heterocycles. The van der Waals surface area contributed by atoms with Gasteiger partial charge in [0, 0.05) is 43.7 Å². The molecule has 0 radical (unpaired) electrons. The first-order valence-electron chi connectivity index (χ1n) is 11.2. The average molecular weight is 424 g/mol. The van der Waals surface area contributed by atoms with Gasteiger partial charge in [-0.05, 0) is 35.7 Å². The van der Waals surface area contributed by atoms with Crippen LogP contribution in [0.2, 0.25) is 0 Å². The Morgan fingerprint density at radius 2 is 1.87 bits per heavy atom. The van der Waals surface area contributed by atoms with Crippen LogP contribution in [-0.2, 0) is 17.6 Å². The third-order valence-electron chi connectivity index (χ3n) is 7.24. The zero-order valence-corrected chi connectivity index (χ0v) is 18.9. The van der Waals surface area contributed by atoms with Crippen LogP contribution in [0.15, 0.2) is 42.5 Å². The Balaban J connectivity index is 1.61. The normalized spacial score (nSPS) is 24.2. The summed E-state index contributed by atoms with van der Waals surface area (Å²) in [5, 5.41) is 10.6. The highest BCUT2D eigenvalue weighted by atomic mass is 16.5. The molecule has 0 spiro atoms. The van der Waals surface area contributed by atoms with Gasteiger partial charge in [-0.2, -0.15) is 0 Å². The Kier molecular flexibility index (Phi) is 5.98. The highest BCUT2D eigenvalue weighted by molar-refractivity contribution is 5.76. The van der Waals surface area contributed by atoms with Gasteiger partial charge < -0.3 is 19.5 Å². The Hall–Kier alpha value is -2.53. The quantitative estimate of drug-likeness (QED) is 0.764. The summed E-state index contributed by atoms with van der Waals surface area (Å²) >= 11 is 0. The van der Waals surface area contributed by atoms with Gasteiger partial charge in [-0.15, -0.1) is 0 Å². The molecule has 1 aliphatic heterocycles. The van der Waals surface area contributed by atoms with E-state index < -0.39 is 11.5 Å². The van der Waals surface area contributed by atoms with Crippen molar-refractivity contribution >= 4 is 5.91 Å². The van der Waals surface area contributed by atoms with Crippen molar-refractivity contribution in [3.63, 3.8) is 0 Å². The lowest BCUT2D eigenvalue weighted by Crippen LogP contribution is -2.38. The second-order valence-corrected chi connectivity index (χ2v) is 9.19. The van der Waals surface area contributed by atoms with Gasteiger partial charge in [0.05, 0.1) is 13.2 Å². The number of aliphatic hydroxyl groups excluding tert-OH is 1. The first kappa shape index (κ1) is 21.7. The van der Waals surface area contributed by atoms with E-state index in [0.29, 0.717) is 25.3 Å². The van der Waals surface area contributed by atoms with E-state index in [1.54, 1.807) is 7.11 Å². The summed E-state index contributed by atoms with van der Waals surface area (Å²) in [5.74, 6) is 1.59. The summed E-state index contributed by atoms with van der Waals surface area (Å²) in [6.45, 7) is 6.94. The maximum absolute atomic E-state index is 12.4. The molecule has 2 aromatic carbocycles. The Bertz CT molecular complexity index is 931. The summed E-state index contributed by atoms with van der Waals surface area (Å²) in [5.41, 5.74) is 3.34. The smallest absolute Gasteiger partial charge is 0.222 e. The van der Waals surface area contributed by atoms with Crippen molar-refractivity contribution in [2.45, 2.75) is 58.2 Å². The fourth-order valence-corrected chi connectivity index (χ4v) is 5.12. The number of fused-ring (bicyclic) bond motifs is 1. The van der Waals surface area contributed by atoms with Crippen molar-refractivity contribution in [1.29, 1.82) is 0 Å². The molecule has 1 aliphatic carbocycles. The maximum atomic E-state index is 12.4. The minimum Gasteiger partial charge on any atom is -0.493 e. The third kappa shape index (κ3) is 4.03. The second kappa shape index (κ2) is 8.54. The van der Waals surface area contributed by atoms with Gasteiger partial charge in [-0.1, -0.05) is 44.2 Å². The Morgan fingerprint density at radius 3 is 2.45 bits per heavy atom. The molecule has 1 heterocycles. The van der Waals surface area contributed by atoms with Gasteiger partial charge in [0.15, 0.2) is 11.5 Å². The summed E-state index contributed by atoms with van der Waals surface area (Å²) in [4.78, 5) is 14.3. The van der Waals surface area contributed by atoms with E-state index in [1.807, 2.05) is 36.9 Å². The van der Waals surface area contributed by atoms with Crippen LogP contribution in [0, 0.1) is 5.41 Å². The van der Waals surface area contributed by atoms with E-state index >= 15 is 0 Å². The first-order chi connectivity index (χ1) is 14.9. The molecule has 31 heavy (non-hydrogen) atoms. The predicted molar refractivity (Wildman–Crippen MR) is 121 cm³/mol. The number of amides is 1. The molecule has 1 N–H and O–H groups in total. The lowest BCUT2D eigenvalue weighted by Gasteiger charge is -2.34. The van der Waals surface area contributed by atoms with E-state index in [4.69, 9.17) is 9.47 Å². The van der Waals surface area contributed by atoms with Crippen LogP contribution in [0.3, 0.4) is 0 Å². The number of likely N-dealkylation sites (tertiary alicyclic amines) is 1. The SMILES string of the molecule is CCC(=O)N1CC(c2ccc(OC)c(OC3Cc4ccccc4C3)c2)C(C)(C(C)O)C1. The van der Waals surface area contributed by atoms with Crippen LogP contribution in [-0.4, -0.2) is 48.3 Å². The summed E-state index contributed by atoms with van der Waals surface area (Å²) in [7, 11) is 1.66. The average Bonchev–Trinajstić information content (AvgIpc) is 3.34. The molecule has 2 aliphatic rings. The van der Waals surface area contributed by atoms with Gasteiger partial charge >= 0.3 is 0 Å². The van der Waals surface area contributed by atoms with Gasteiger partial charge in [-0.25, -0.2) is 0 Å². The number of carbonyl (C=O) groups excluding carboxylic acids is 1. The maximum Gasteiger partial charge on any atom is 0.222 e. The molecule has 1 amide bonds. The van der Waals surface area contributed by atoms with E-state index in [9.17, 15) is 9.90 Å². The molecule has 2 aromatic rings. The molecule has 0 bridgehead atoms. The van der Waals surface area contributed by atoms with Gasteiger partial charge in [0.2, 0.25) is 5.91 Å². The lowest BCUT2D eigenvalue weighted by atomic mass is 9.72. The minimum absolute atomic E-state index is 0.0250. The monoisotopic (exact) mass is 423 g/mol. The van der Waals surface area contributed by atoms with Gasteiger partial charge in [-0.3, -0.25) is 4.79 Å². The van der Waals surface area contributed by atoms with Crippen LogP contribution in [0.1, 0.15) is 49.8 Å². The van der Waals surface area contributed by atoms with Crippen molar-refractivity contribution in [2.75, 3.05) is 20.2 Å². The molecule has 3 atom stereocenters. The third-order valence-corrected chi connectivity index (χ3v) is 7.24. The molecular weight excluding hydrogens is 390 g/mol. The summed E-state index contributed by atoms with van der Waals surface area (Å²) in [6, 6.07) is 14.5. The van der Waals surface area contributed by atoms with Crippen molar-refractivity contribution in [3.05, 3.63) is 59.2 Å².